The molecule has 1 unspecified atom stereocenters. The highest BCUT2D eigenvalue weighted by molar-refractivity contribution is 5.85. The number of morpholine rings is 1. The number of nitrogens with zero attached hydrogens (tertiary/aromatic N) is 5. The van der Waals surface area contributed by atoms with Crippen molar-refractivity contribution in [3.05, 3.63) is 36.2 Å². The summed E-state index contributed by atoms with van der Waals surface area (Å²) in [7, 11) is 0. The Labute approximate surface area is 171 Å². The van der Waals surface area contributed by atoms with E-state index in [1.807, 2.05) is 6.07 Å². The summed E-state index contributed by atoms with van der Waals surface area (Å²) >= 11 is 0. The molecule has 2 aromatic rings. The zero-order chi connectivity index (χ0) is 19.7. The van der Waals surface area contributed by atoms with Gasteiger partial charge >= 0.3 is 0 Å². The molecule has 3 saturated heterocycles. The third-order valence-electron chi connectivity index (χ3n) is 6.76. The number of ether oxygens (including phenoxy) is 1. The van der Waals surface area contributed by atoms with Crippen molar-refractivity contribution < 1.29 is 9.53 Å². The first-order valence-electron chi connectivity index (χ1n) is 10.7. The van der Waals surface area contributed by atoms with Crippen LogP contribution in [0.5, 0.6) is 0 Å². The molecule has 0 N–H and O–H groups in total. The lowest BCUT2D eigenvalue weighted by molar-refractivity contribution is -0.135. The molecule has 1 atom stereocenters. The van der Waals surface area contributed by atoms with E-state index < -0.39 is 0 Å². The van der Waals surface area contributed by atoms with E-state index in [9.17, 15) is 4.79 Å². The molecule has 7 heteroatoms. The van der Waals surface area contributed by atoms with Crippen LogP contribution in [0.15, 0.2) is 30.6 Å². The van der Waals surface area contributed by atoms with Gasteiger partial charge in [-0.05, 0) is 37.1 Å². The minimum atomic E-state index is -0.165. The molecule has 0 bridgehead atoms. The summed E-state index contributed by atoms with van der Waals surface area (Å²) in [6.45, 7) is 9.04. The Kier molecular flexibility index (Phi) is 5.20. The first kappa shape index (κ1) is 18.9. The minimum Gasteiger partial charge on any atom is -0.379 e. The number of likely N-dealkylation sites (tertiary alicyclic amines) is 2. The van der Waals surface area contributed by atoms with Crippen LogP contribution in [0.3, 0.4) is 0 Å². The van der Waals surface area contributed by atoms with Gasteiger partial charge in [0.2, 0.25) is 5.91 Å². The third kappa shape index (κ3) is 3.86. The first-order valence-corrected chi connectivity index (χ1v) is 10.7. The molecule has 1 spiro atoms. The van der Waals surface area contributed by atoms with Crippen LogP contribution in [0.25, 0.3) is 11.0 Å². The molecule has 29 heavy (non-hydrogen) atoms. The Balaban J connectivity index is 1.18. The molecule has 3 fully saturated rings. The maximum absolute atomic E-state index is 13.2. The number of carbonyl (C=O) groups excluding carboxylic acids is 1. The SMILES string of the molecule is O=C1N(CCN2CCOCC2)CCC12CCN(Cc1ccc3nccnc3c1)C2. The van der Waals surface area contributed by atoms with Crippen LogP contribution >= 0.6 is 0 Å². The van der Waals surface area contributed by atoms with Crippen LogP contribution < -0.4 is 0 Å². The second-order valence-corrected chi connectivity index (χ2v) is 8.62. The van der Waals surface area contributed by atoms with Crippen LogP contribution in [0.2, 0.25) is 0 Å². The number of carbonyl (C=O) groups is 1. The lowest BCUT2D eigenvalue weighted by Crippen LogP contribution is -2.43. The average molecular weight is 396 g/mol. The second kappa shape index (κ2) is 7.97. The molecule has 1 aromatic heterocycles. The Hall–Kier alpha value is -2.09. The summed E-state index contributed by atoms with van der Waals surface area (Å²) in [4.78, 5) is 28.9. The van der Waals surface area contributed by atoms with Crippen LogP contribution in [0, 0.1) is 5.41 Å². The van der Waals surface area contributed by atoms with Crippen molar-refractivity contribution in [1.29, 1.82) is 0 Å². The van der Waals surface area contributed by atoms with Crippen LogP contribution in [0.1, 0.15) is 18.4 Å². The molecule has 3 aliphatic heterocycles. The second-order valence-electron chi connectivity index (χ2n) is 8.62. The highest BCUT2D eigenvalue weighted by atomic mass is 16.5. The first-order chi connectivity index (χ1) is 14.2. The van der Waals surface area contributed by atoms with Gasteiger partial charge in [-0.25, -0.2) is 0 Å². The number of fused-ring (bicyclic) bond motifs is 1. The monoisotopic (exact) mass is 395 g/mol. The van der Waals surface area contributed by atoms with Gasteiger partial charge in [-0.3, -0.25) is 24.6 Å². The quantitative estimate of drug-likeness (QED) is 0.762. The topological polar surface area (TPSA) is 61.8 Å². The molecule has 0 aliphatic carbocycles. The lowest BCUT2D eigenvalue weighted by atomic mass is 9.85. The van der Waals surface area contributed by atoms with Gasteiger partial charge in [0.25, 0.3) is 0 Å². The maximum Gasteiger partial charge on any atom is 0.230 e. The van der Waals surface area contributed by atoms with Crippen molar-refractivity contribution in [2.45, 2.75) is 19.4 Å². The molecule has 3 aliphatic rings. The molecule has 4 heterocycles. The summed E-state index contributed by atoms with van der Waals surface area (Å²) in [5.74, 6) is 0.373. The van der Waals surface area contributed by atoms with Gasteiger partial charge in [0, 0.05) is 58.2 Å². The van der Waals surface area contributed by atoms with E-state index in [1.54, 1.807) is 12.4 Å². The molecular formula is C22H29N5O2. The molecule has 7 nitrogen and oxygen atoms in total. The molecule has 0 saturated carbocycles. The van der Waals surface area contributed by atoms with E-state index >= 15 is 0 Å². The number of amides is 1. The van der Waals surface area contributed by atoms with Crippen LogP contribution in [-0.2, 0) is 16.1 Å². The van der Waals surface area contributed by atoms with Gasteiger partial charge in [-0.1, -0.05) is 6.07 Å². The van der Waals surface area contributed by atoms with Gasteiger partial charge in [0.05, 0.1) is 29.7 Å². The van der Waals surface area contributed by atoms with Crippen molar-refractivity contribution in [2.75, 3.05) is 59.0 Å². The average Bonchev–Trinajstić information content (AvgIpc) is 3.31. The summed E-state index contributed by atoms with van der Waals surface area (Å²) in [6.07, 6.45) is 5.43. The standard InChI is InChI=1S/C22H29N5O2/c28-21-22(4-8-27(21)10-9-25-11-13-29-14-12-25)3-7-26(17-22)16-18-1-2-19-20(15-18)24-6-5-23-19/h1-2,5-6,15H,3-4,7-14,16-17H2. The van der Waals surface area contributed by atoms with Gasteiger partial charge in [0.15, 0.2) is 0 Å². The number of aromatic nitrogens is 2. The fourth-order valence-electron chi connectivity index (χ4n) is 5.03. The van der Waals surface area contributed by atoms with Crippen molar-refractivity contribution in [1.82, 2.24) is 24.7 Å². The van der Waals surface area contributed by atoms with Crippen molar-refractivity contribution in [3.63, 3.8) is 0 Å². The molecular weight excluding hydrogens is 366 g/mol. The van der Waals surface area contributed by atoms with E-state index in [0.29, 0.717) is 5.91 Å². The van der Waals surface area contributed by atoms with E-state index in [4.69, 9.17) is 4.74 Å². The highest BCUT2D eigenvalue weighted by Gasteiger charge is 2.50. The summed E-state index contributed by atoms with van der Waals surface area (Å²) in [5.41, 5.74) is 2.94. The van der Waals surface area contributed by atoms with Crippen molar-refractivity contribution in [3.8, 4) is 0 Å². The lowest BCUT2D eigenvalue weighted by Gasteiger charge is -2.29. The Morgan fingerprint density at radius 2 is 1.72 bits per heavy atom. The zero-order valence-electron chi connectivity index (χ0n) is 16.9. The smallest absolute Gasteiger partial charge is 0.230 e. The Bertz CT molecular complexity index is 884. The van der Waals surface area contributed by atoms with Crippen LogP contribution in [-0.4, -0.2) is 89.6 Å². The number of hydrogen-bond donors (Lipinski definition) is 0. The van der Waals surface area contributed by atoms with Gasteiger partial charge in [-0.2, -0.15) is 0 Å². The maximum atomic E-state index is 13.2. The fourth-order valence-corrected chi connectivity index (χ4v) is 5.03. The fraction of sp³-hybridized carbons (Fsp3) is 0.591. The largest absolute Gasteiger partial charge is 0.379 e. The molecule has 5 rings (SSSR count). The molecule has 154 valence electrons. The third-order valence-corrected chi connectivity index (χ3v) is 6.76. The Morgan fingerprint density at radius 3 is 2.59 bits per heavy atom. The summed E-state index contributed by atoms with van der Waals surface area (Å²) in [6, 6.07) is 6.29. The summed E-state index contributed by atoms with van der Waals surface area (Å²) in [5, 5.41) is 0. The van der Waals surface area contributed by atoms with Crippen LogP contribution in [0.4, 0.5) is 0 Å². The highest BCUT2D eigenvalue weighted by Crippen LogP contribution is 2.41. The zero-order valence-corrected chi connectivity index (χ0v) is 16.9. The van der Waals surface area contributed by atoms with Gasteiger partial charge in [-0.15, -0.1) is 0 Å². The van der Waals surface area contributed by atoms with E-state index in [1.165, 1.54) is 5.56 Å². The van der Waals surface area contributed by atoms with Crippen molar-refractivity contribution in [2.24, 2.45) is 5.41 Å². The predicted octanol–water partition coefficient (Wildman–Crippen LogP) is 1.39. The Morgan fingerprint density at radius 1 is 0.931 bits per heavy atom. The van der Waals surface area contributed by atoms with E-state index in [2.05, 4.69) is 36.8 Å². The van der Waals surface area contributed by atoms with Gasteiger partial charge < -0.3 is 9.64 Å². The summed E-state index contributed by atoms with van der Waals surface area (Å²) < 4.78 is 5.42. The van der Waals surface area contributed by atoms with E-state index in [0.717, 1.165) is 89.4 Å². The molecule has 1 amide bonds. The number of hydrogen-bond acceptors (Lipinski definition) is 6. The number of benzene rings is 1. The van der Waals surface area contributed by atoms with E-state index in [-0.39, 0.29) is 5.41 Å². The van der Waals surface area contributed by atoms with Gasteiger partial charge in [0.1, 0.15) is 0 Å². The predicted molar refractivity (Wildman–Crippen MR) is 110 cm³/mol. The molecule has 0 radical (unpaired) electrons. The van der Waals surface area contributed by atoms with Crippen molar-refractivity contribution >= 4 is 16.9 Å². The minimum absolute atomic E-state index is 0.165. The normalized spacial score (nSPS) is 26.2. The number of rotatable bonds is 5. The molecule has 1 aromatic carbocycles.